The van der Waals surface area contributed by atoms with Gasteiger partial charge in [-0.1, -0.05) is 11.6 Å². The summed E-state index contributed by atoms with van der Waals surface area (Å²) in [6.07, 6.45) is 0.692. The number of aldehydes is 1. The van der Waals surface area contributed by atoms with Crippen molar-refractivity contribution >= 4 is 33.8 Å². The van der Waals surface area contributed by atoms with Gasteiger partial charge in [-0.3, -0.25) is 4.79 Å². The Kier molecular flexibility index (Phi) is 3.12. The van der Waals surface area contributed by atoms with E-state index in [9.17, 15) is 4.79 Å². The molecule has 0 fully saturated rings. The highest BCUT2D eigenvalue weighted by molar-refractivity contribution is 9.10. The summed E-state index contributed by atoms with van der Waals surface area (Å²) in [5, 5.41) is 0.415. The van der Waals surface area contributed by atoms with E-state index in [0.29, 0.717) is 22.6 Å². The topological polar surface area (TPSA) is 26.3 Å². The van der Waals surface area contributed by atoms with Gasteiger partial charge in [0, 0.05) is 5.56 Å². The third-order valence-electron chi connectivity index (χ3n) is 1.40. The first-order valence-corrected chi connectivity index (χ1v) is 4.34. The maximum atomic E-state index is 10.5. The minimum Gasteiger partial charge on any atom is -0.496 e. The van der Waals surface area contributed by atoms with Crippen LogP contribution in [-0.2, 0) is 0 Å². The molecule has 0 spiro atoms. The van der Waals surface area contributed by atoms with E-state index in [1.165, 1.54) is 7.11 Å². The molecule has 0 heterocycles. The predicted molar refractivity (Wildman–Crippen MR) is 51.1 cm³/mol. The van der Waals surface area contributed by atoms with E-state index in [4.69, 9.17) is 16.3 Å². The molecule has 0 radical (unpaired) electrons. The molecule has 12 heavy (non-hydrogen) atoms. The van der Waals surface area contributed by atoms with E-state index < -0.39 is 0 Å². The monoisotopic (exact) mass is 248 g/mol. The fraction of sp³-hybridized carbons (Fsp3) is 0.125. The Morgan fingerprint density at radius 3 is 2.75 bits per heavy atom. The molecule has 1 rings (SSSR count). The molecular formula is C8H6BrClO2. The largest absolute Gasteiger partial charge is 0.496 e. The van der Waals surface area contributed by atoms with Crippen LogP contribution in [0.5, 0.6) is 5.75 Å². The minimum atomic E-state index is 0.415. The molecule has 0 unspecified atom stereocenters. The molecular weight excluding hydrogens is 243 g/mol. The van der Waals surface area contributed by atoms with Crippen molar-refractivity contribution in [3.8, 4) is 5.75 Å². The third-order valence-corrected chi connectivity index (χ3v) is 2.35. The molecule has 2 nitrogen and oxygen atoms in total. The average molecular weight is 249 g/mol. The Hall–Kier alpha value is -0.540. The summed E-state index contributed by atoms with van der Waals surface area (Å²) in [6.45, 7) is 0. The second-order valence-electron chi connectivity index (χ2n) is 2.13. The Labute approximate surface area is 83.6 Å². The smallest absolute Gasteiger partial charge is 0.151 e. The number of hydrogen-bond acceptors (Lipinski definition) is 2. The Morgan fingerprint density at radius 2 is 2.25 bits per heavy atom. The molecule has 0 aliphatic heterocycles. The van der Waals surface area contributed by atoms with Crippen LogP contribution in [0.1, 0.15) is 10.4 Å². The first kappa shape index (κ1) is 9.55. The molecule has 0 aliphatic rings. The maximum Gasteiger partial charge on any atom is 0.151 e. The van der Waals surface area contributed by atoms with Gasteiger partial charge in [-0.15, -0.1) is 0 Å². The van der Waals surface area contributed by atoms with Gasteiger partial charge in [0.2, 0.25) is 0 Å². The molecule has 0 amide bonds. The number of methoxy groups -OCH3 is 1. The van der Waals surface area contributed by atoms with Crippen molar-refractivity contribution in [3.05, 3.63) is 27.2 Å². The second-order valence-corrected chi connectivity index (χ2v) is 3.39. The van der Waals surface area contributed by atoms with Crippen molar-refractivity contribution in [3.63, 3.8) is 0 Å². The van der Waals surface area contributed by atoms with Crippen LogP contribution in [-0.4, -0.2) is 13.4 Å². The summed E-state index contributed by atoms with van der Waals surface area (Å²) < 4.78 is 5.71. The first-order chi connectivity index (χ1) is 5.69. The number of ether oxygens (including phenoxy) is 1. The van der Waals surface area contributed by atoms with E-state index in [-0.39, 0.29) is 0 Å². The quantitative estimate of drug-likeness (QED) is 0.753. The van der Waals surface area contributed by atoms with Crippen LogP contribution in [0.4, 0.5) is 0 Å². The van der Waals surface area contributed by atoms with Crippen molar-refractivity contribution < 1.29 is 9.53 Å². The number of carbonyl (C=O) groups excluding carboxylic acids is 1. The zero-order chi connectivity index (χ0) is 9.14. The lowest BCUT2D eigenvalue weighted by Gasteiger charge is -2.04. The van der Waals surface area contributed by atoms with Gasteiger partial charge in [0.05, 0.1) is 16.6 Å². The number of rotatable bonds is 2. The molecule has 0 atom stereocenters. The number of benzene rings is 1. The van der Waals surface area contributed by atoms with Gasteiger partial charge < -0.3 is 4.74 Å². The van der Waals surface area contributed by atoms with Crippen molar-refractivity contribution in [2.45, 2.75) is 0 Å². The molecule has 1 aromatic rings. The molecule has 0 saturated carbocycles. The molecule has 64 valence electrons. The predicted octanol–water partition coefficient (Wildman–Crippen LogP) is 2.92. The maximum absolute atomic E-state index is 10.5. The van der Waals surface area contributed by atoms with Gasteiger partial charge >= 0.3 is 0 Å². The van der Waals surface area contributed by atoms with E-state index >= 15 is 0 Å². The highest BCUT2D eigenvalue weighted by atomic mass is 79.9. The van der Waals surface area contributed by atoms with Crippen molar-refractivity contribution in [1.82, 2.24) is 0 Å². The van der Waals surface area contributed by atoms with Gasteiger partial charge in [0.15, 0.2) is 6.29 Å². The van der Waals surface area contributed by atoms with Crippen LogP contribution in [0.15, 0.2) is 16.6 Å². The van der Waals surface area contributed by atoms with E-state index in [0.717, 1.165) is 4.47 Å². The summed E-state index contributed by atoms with van der Waals surface area (Å²) in [5.41, 5.74) is 0.428. The highest BCUT2D eigenvalue weighted by Gasteiger charge is 2.05. The van der Waals surface area contributed by atoms with Crippen LogP contribution >= 0.6 is 27.5 Å². The summed E-state index contributed by atoms with van der Waals surface area (Å²) in [7, 11) is 1.53. The third kappa shape index (κ3) is 1.79. The average Bonchev–Trinajstić information content (AvgIpc) is 2.05. The lowest BCUT2D eigenvalue weighted by atomic mass is 10.2. The lowest BCUT2D eigenvalue weighted by molar-refractivity contribution is 0.112. The molecule has 4 heteroatoms. The van der Waals surface area contributed by atoms with E-state index in [2.05, 4.69) is 15.9 Å². The van der Waals surface area contributed by atoms with Crippen LogP contribution in [0.3, 0.4) is 0 Å². The molecule has 0 aromatic heterocycles. The van der Waals surface area contributed by atoms with Crippen LogP contribution < -0.4 is 4.74 Å². The standard InChI is InChI=1S/C8H6BrClO2/c1-12-8-2-5(4-11)7(10)3-6(8)9/h2-4H,1H3. The normalized spacial score (nSPS) is 9.58. The summed E-state index contributed by atoms with van der Waals surface area (Å²) in [4.78, 5) is 10.5. The van der Waals surface area contributed by atoms with Crippen molar-refractivity contribution in [2.24, 2.45) is 0 Å². The molecule has 0 N–H and O–H groups in total. The zero-order valence-corrected chi connectivity index (χ0v) is 8.65. The fourth-order valence-electron chi connectivity index (χ4n) is 0.792. The van der Waals surface area contributed by atoms with Crippen molar-refractivity contribution in [2.75, 3.05) is 7.11 Å². The first-order valence-electron chi connectivity index (χ1n) is 3.17. The molecule has 0 bridgehead atoms. The highest BCUT2D eigenvalue weighted by Crippen LogP contribution is 2.30. The lowest BCUT2D eigenvalue weighted by Crippen LogP contribution is -1.88. The van der Waals surface area contributed by atoms with Gasteiger partial charge in [0.25, 0.3) is 0 Å². The van der Waals surface area contributed by atoms with Gasteiger partial charge in [-0.25, -0.2) is 0 Å². The van der Waals surface area contributed by atoms with E-state index in [1.807, 2.05) is 0 Å². The summed E-state index contributed by atoms with van der Waals surface area (Å²) >= 11 is 8.99. The van der Waals surface area contributed by atoms with Gasteiger partial charge in [0.1, 0.15) is 5.75 Å². The van der Waals surface area contributed by atoms with Crippen LogP contribution in [0.25, 0.3) is 0 Å². The Morgan fingerprint density at radius 1 is 1.58 bits per heavy atom. The molecule has 0 aliphatic carbocycles. The second kappa shape index (κ2) is 3.92. The molecule has 1 aromatic carbocycles. The van der Waals surface area contributed by atoms with Gasteiger partial charge in [-0.2, -0.15) is 0 Å². The zero-order valence-electron chi connectivity index (χ0n) is 6.30. The number of halogens is 2. The van der Waals surface area contributed by atoms with E-state index in [1.54, 1.807) is 12.1 Å². The number of hydrogen-bond donors (Lipinski definition) is 0. The van der Waals surface area contributed by atoms with Crippen LogP contribution in [0, 0.1) is 0 Å². The van der Waals surface area contributed by atoms with Crippen LogP contribution in [0.2, 0.25) is 5.02 Å². The Bertz CT molecular complexity index is 312. The fourth-order valence-corrected chi connectivity index (χ4v) is 1.64. The Balaban J connectivity index is 3.26. The molecule has 0 saturated heterocycles. The SMILES string of the molecule is COc1cc(C=O)c(Cl)cc1Br. The summed E-state index contributed by atoms with van der Waals surface area (Å²) in [5.74, 6) is 0.599. The number of carbonyl (C=O) groups is 1. The van der Waals surface area contributed by atoms with Gasteiger partial charge in [-0.05, 0) is 28.1 Å². The summed E-state index contributed by atoms with van der Waals surface area (Å²) in [6, 6.07) is 3.21. The minimum absolute atomic E-state index is 0.415. The van der Waals surface area contributed by atoms with Crippen molar-refractivity contribution in [1.29, 1.82) is 0 Å².